The van der Waals surface area contributed by atoms with Gasteiger partial charge in [-0.1, -0.05) is 56.3 Å². The fourth-order valence-corrected chi connectivity index (χ4v) is 3.92. The molecule has 0 spiro atoms. The average Bonchev–Trinajstić information content (AvgIpc) is 3.13. The number of piperazine rings is 1. The van der Waals surface area contributed by atoms with E-state index >= 15 is 0 Å². The molecule has 0 aromatic heterocycles. The highest BCUT2D eigenvalue weighted by Gasteiger charge is 2.33. The lowest BCUT2D eigenvalue weighted by molar-refractivity contribution is -0.139. The molecule has 1 atom stereocenters. The predicted molar refractivity (Wildman–Crippen MR) is 107 cm³/mol. The van der Waals surface area contributed by atoms with E-state index in [0.717, 1.165) is 44.0 Å². The third-order valence-electron chi connectivity index (χ3n) is 5.66. The van der Waals surface area contributed by atoms with E-state index in [9.17, 15) is 4.79 Å². The first kappa shape index (κ1) is 18.1. The Kier molecular flexibility index (Phi) is 5.17. The van der Waals surface area contributed by atoms with Gasteiger partial charge < -0.3 is 9.64 Å². The minimum atomic E-state index is -0.350. The van der Waals surface area contributed by atoms with Gasteiger partial charge in [-0.3, -0.25) is 9.69 Å². The molecule has 27 heavy (non-hydrogen) atoms. The lowest BCUT2D eigenvalue weighted by Crippen LogP contribution is -2.51. The molecule has 2 aliphatic heterocycles. The number of amides is 1. The number of para-hydroxylation sites is 1. The second-order valence-electron chi connectivity index (χ2n) is 7.92. The highest BCUT2D eigenvalue weighted by molar-refractivity contribution is 5.82. The van der Waals surface area contributed by atoms with Gasteiger partial charge in [0.25, 0.3) is 5.91 Å². The number of carbonyl (C=O) groups excluding carboxylic acids is 1. The predicted octanol–water partition coefficient (Wildman–Crippen LogP) is 3.46. The molecular formula is C23H28N2O2. The van der Waals surface area contributed by atoms with Crippen LogP contribution >= 0.6 is 0 Å². The summed E-state index contributed by atoms with van der Waals surface area (Å²) in [5.74, 6) is 1.56. The Labute approximate surface area is 161 Å². The number of ether oxygens (including phenoxy) is 1. The zero-order valence-electron chi connectivity index (χ0n) is 16.2. The van der Waals surface area contributed by atoms with Crippen LogP contribution in [0.25, 0.3) is 0 Å². The molecule has 4 rings (SSSR count). The molecule has 0 N–H and O–H groups in total. The molecule has 0 saturated carbocycles. The first-order valence-corrected chi connectivity index (χ1v) is 9.94. The molecule has 1 amide bonds. The van der Waals surface area contributed by atoms with Crippen molar-refractivity contribution in [3.05, 3.63) is 65.2 Å². The Bertz CT molecular complexity index is 767. The van der Waals surface area contributed by atoms with Gasteiger partial charge in [0, 0.05) is 39.1 Å². The van der Waals surface area contributed by atoms with Gasteiger partial charge in [-0.05, 0) is 28.7 Å². The van der Waals surface area contributed by atoms with Gasteiger partial charge in [0.1, 0.15) is 5.75 Å². The lowest BCUT2D eigenvalue weighted by atomic mass is 10.0. The fraction of sp³-hybridized carbons (Fsp3) is 0.435. The molecule has 0 unspecified atom stereocenters. The van der Waals surface area contributed by atoms with Crippen molar-refractivity contribution >= 4 is 5.91 Å². The normalized spacial score (nSPS) is 19.8. The van der Waals surface area contributed by atoms with E-state index in [1.807, 2.05) is 29.2 Å². The van der Waals surface area contributed by atoms with Crippen LogP contribution in [-0.4, -0.2) is 48.0 Å². The van der Waals surface area contributed by atoms with Gasteiger partial charge in [-0.25, -0.2) is 0 Å². The molecule has 2 aliphatic rings. The number of carbonyl (C=O) groups is 1. The molecular weight excluding hydrogens is 336 g/mol. The summed E-state index contributed by atoms with van der Waals surface area (Å²) in [4.78, 5) is 17.2. The molecule has 2 heterocycles. The zero-order chi connectivity index (χ0) is 18.8. The SMILES string of the molecule is CC(C)c1ccc(CN2CCN(C(=O)[C@H]3Cc4ccccc4O3)CC2)cc1. The summed E-state index contributed by atoms with van der Waals surface area (Å²) in [5, 5.41) is 0. The van der Waals surface area contributed by atoms with E-state index in [4.69, 9.17) is 4.74 Å². The van der Waals surface area contributed by atoms with E-state index in [1.54, 1.807) is 0 Å². The van der Waals surface area contributed by atoms with E-state index in [2.05, 4.69) is 43.0 Å². The second kappa shape index (κ2) is 7.73. The van der Waals surface area contributed by atoms with Crippen LogP contribution in [0.3, 0.4) is 0 Å². The summed E-state index contributed by atoms with van der Waals surface area (Å²) in [6.45, 7) is 8.77. The van der Waals surface area contributed by atoms with E-state index in [-0.39, 0.29) is 12.0 Å². The molecule has 2 aromatic carbocycles. The van der Waals surface area contributed by atoms with Crippen molar-refractivity contribution < 1.29 is 9.53 Å². The Balaban J connectivity index is 1.28. The Morgan fingerprint density at radius 3 is 2.41 bits per heavy atom. The van der Waals surface area contributed by atoms with Crippen LogP contribution in [-0.2, 0) is 17.8 Å². The topological polar surface area (TPSA) is 32.8 Å². The first-order chi connectivity index (χ1) is 13.1. The Morgan fingerprint density at radius 1 is 1.04 bits per heavy atom. The summed E-state index contributed by atoms with van der Waals surface area (Å²) in [6, 6.07) is 16.9. The van der Waals surface area contributed by atoms with E-state index in [1.165, 1.54) is 11.1 Å². The summed E-state index contributed by atoms with van der Waals surface area (Å²) < 4.78 is 5.87. The van der Waals surface area contributed by atoms with Crippen LogP contribution in [0.2, 0.25) is 0 Å². The van der Waals surface area contributed by atoms with Crippen LogP contribution in [0, 0.1) is 0 Å². The van der Waals surface area contributed by atoms with Crippen molar-refractivity contribution in [2.75, 3.05) is 26.2 Å². The summed E-state index contributed by atoms with van der Waals surface area (Å²) in [6.07, 6.45) is 0.342. The summed E-state index contributed by atoms with van der Waals surface area (Å²) in [5.41, 5.74) is 3.86. The number of hydrogen-bond donors (Lipinski definition) is 0. The largest absolute Gasteiger partial charge is 0.480 e. The second-order valence-corrected chi connectivity index (χ2v) is 7.92. The quantitative estimate of drug-likeness (QED) is 0.833. The maximum absolute atomic E-state index is 12.8. The molecule has 142 valence electrons. The van der Waals surface area contributed by atoms with Crippen molar-refractivity contribution in [3.8, 4) is 5.75 Å². The highest BCUT2D eigenvalue weighted by Crippen LogP contribution is 2.29. The van der Waals surface area contributed by atoms with Crippen molar-refractivity contribution in [1.29, 1.82) is 0 Å². The van der Waals surface area contributed by atoms with Crippen LogP contribution in [0.4, 0.5) is 0 Å². The van der Waals surface area contributed by atoms with Gasteiger partial charge >= 0.3 is 0 Å². The monoisotopic (exact) mass is 364 g/mol. The molecule has 0 aliphatic carbocycles. The third-order valence-corrected chi connectivity index (χ3v) is 5.66. The Hall–Kier alpha value is -2.33. The van der Waals surface area contributed by atoms with Crippen molar-refractivity contribution in [2.45, 2.75) is 38.8 Å². The molecule has 4 nitrogen and oxygen atoms in total. The van der Waals surface area contributed by atoms with E-state index in [0.29, 0.717) is 12.3 Å². The van der Waals surface area contributed by atoms with Crippen LogP contribution < -0.4 is 4.74 Å². The third kappa shape index (κ3) is 4.01. The molecule has 1 saturated heterocycles. The maximum atomic E-state index is 12.8. The molecule has 2 aromatic rings. The Morgan fingerprint density at radius 2 is 1.74 bits per heavy atom. The molecule has 0 bridgehead atoms. The van der Waals surface area contributed by atoms with Gasteiger partial charge in [-0.15, -0.1) is 0 Å². The van der Waals surface area contributed by atoms with Gasteiger partial charge in [0.15, 0.2) is 6.10 Å². The smallest absolute Gasteiger partial charge is 0.264 e. The maximum Gasteiger partial charge on any atom is 0.264 e. The fourth-order valence-electron chi connectivity index (χ4n) is 3.92. The van der Waals surface area contributed by atoms with Gasteiger partial charge in [-0.2, -0.15) is 0 Å². The average molecular weight is 364 g/mol. The number of fused-ring (bicyclic) bond motifs is 1. The van der Waals surface area contributed by atoms with E-state index < -0.39 is 0 Å². The molecule has 0 radical (unpaired) electrons. The van der Waals surface area contributed by atoms with Crippen molar-refractivity contribution in [3.63, 3.8) is 0 Å². The number of benzene rings is 2. The molecule has 4 heteroatoms. The lowest BCUT2D eigenvalue weighted by Gasteiger charge is -2.35. The van der Waals surface area contributed by atoms with Crippen LogP contribution in [0.1, 0.15) is 36.5 Å². The van der Waals surface area contributed by atoms with Gasteiger partial charge in [0.05, 0.1) is 0 Å². The first-order valence-electron chi connectivity index (χ1n) is 9.94. The standard InChI is InChI=1S/C23H28N2O2/c1-17(2)19-9-7-18(8-10-19)16-24-11-13-25(14-12-24)23(26)22-15-20-5-3-4-6-21(20)27-22/h3-10,17,22H,11-16H2,1-2H3/t22-/m1/s1. The minimum absolute atomic E-state index is 0.132. The number of rotatable bonds is 4. The highest BCUT2D eigenvalue weighted by atomic mass is 16.5. The van der Waals surface area contributed by atoms with Crippen LogP contribution in [0.15, 0.2) is 48.5 Å². The summed E-state index contributed by atoms with van der Waals surface area (Å²) in [7, 11) is 0. The van der Waals surface area contributed by atoms with Gasteiger partial charge in [0.2, 0.25) is 0 Å². The minimum Gasteiger partial charge on any atom is -0.480 e. The summed E-state index contributed by atoms with van der Waals surface area (Å²) >= 11 is 0. The van der Waals surface area contributed by atoms with Crippen molar-refractivity contribution in [2.24, 2.45) is 0 Å². The number of nitrogens with zero attached hydrogens (tertiary/aromatic N) is 2. The number of hydrogen-bond acceptors (Lipinski definition) is 3. The van der Waals surface area contributed by atoms with Crippen LogP contribution in [0.5, 0.6) is 5.75 Å². The zero-order valence-corrected chi connectivity index (χ0v) is 16.2. The van der Waals surface area contributed by atoms with Crippen molar-refractivity contribution in [1.82, 2.24) is 9.80 Å². The molecule has 1 fully saturated rings.